The van der Waals surface area contributed by atoms with Crippen molar-refractivity contribution in [3.05, 3.63) is 30.5 Å². The van der Waals surface area contributed by atoms with Gasteiger partial charge in [0.25, 0.3) is 0 Å². The lowest BCUT2D eigenvalue weighted by molar-refractivity contribution is -0.274. The van der Waals surface area contributed by atoms with Gasteiger partial charge in [0.05, 0.1) is 11.9 Å². The summed E-state index contributed by atoms with van der Waals surface area (Å²) in [6.07, 6.45) is 2.87. The van der Waals surface area contributed by atoms with E-state index in [0.717, 1.165) is 18.0 Å². The van der Waals surface area contributed by atoms with E-state index in [9.17, 15) is 13.2 Å². The molecule has 1 aliphatic rings. The van der Waals surface area contributed by atoms with Crippen LogP contribution in [-0.4, -0.2) is 27.0 Å². The molecule has 0 radical (unpaired) electrons. The summed E-state index contributed by atoms with van der Waals surface area (Å²) in [7, 11) is 0. The van der Waals surface area contributed by atoms with Crippen molar-refractivity contribution in [3.63, 3.8) is 0 Å². The average Bonchev–Trinajstić information content (AvgIpc) is 3.14. The summed E-state index contributed by atoms with van der Waals surface area (Å²) < 4.78 is 43.0. The molecule has 0 aliphatic heterocycles. The minimum absolute atomic E-state index is 0.263. The Bertz CT molecular complexity index is 899. The van der Waals surface area contributed by atoms with Gasteiger partial charge in [0, 0.05) is 11.6 Å². The maximum Gasteiger partial charge on any atom is 0.573 e. The van der Waals surface area contributed by atoms with Gasteiger partial charge in [0.1, 0.15) is 5.75 Å². The lowest BCUT2D eigenvalue weighted by atomic mass is 9.96. The maximum atomic E-state index is 12.4. The second-order valence-corrected chi connectivity index (χ2v) is 7.26. The van der Waals surface area contributed by atoms with Gasteiger partial charge in [-0.2, -0.15) is 0 Å². The minimum atomic E-state index is -4.72. The SMILES string of the molecule is FC(F)(F)Oc1cccc(-c2cnc3sc(NC4CCCCC4)nn23)c1. The van der Waals surface area contributed by atoms with Crippen LogP contribution in [0.3, 0.4) is 0 Å². The van der Waals surface area contributed by atoms with Crippen molar-refractivity contribution in [1.82, 2.24) is 14.6 Å². The zero-order valence-corrected chi connectivity index (χ0v) is 14.6. The second kappa shape index (κ2) is 6.79. The molecule has 9 heteroatoms. The van der Waals surface area contributed by atoms with Gasteiger partial charge >= 0.3 is 6.36 Å². The Balaban J connectivity index is 1.59. The third kappa shape index (κ3) is 3.77. The van der Waals surface area contributed by atoms with E-state index in [1.54, 1.807) is 16.8 Å². The molecule has 0 spiro atoms. The molecular weight excluding hydrogens is 365 g/mol. The molecule has 1 N–H and O–H groups in total. The number of anilines is 1. The Labute approximate surface area is 151 Å². The largest absolute Gasteiger partial charge is 0.573 e. The fourth-order valence-electron chi connectivity index (χ4n) is 3.22. The molecule has 0 amide bonds. The molecule has 1 aromatic carbocycles. The highest BCUT2D eigenvalue weighted by molar-refractivity contribution is 7.20. The number of fused-ring (bicyclic) bond motifs is 1. The van der Waals surface area contributed by atoms with Crippen LogP contribution in [0.2, 0.25) is 0 Å². The van der Waals surface area contributed by atoms with Gasteiger partial charge in [0.2, 0.25) is 10.1 Å². The minimum Gasteiger partial charge on any atom is -0.406 e. The van der Waals surface area contributed by atoms with Crippen LogP contribution in [0.1, 0.15) is 32.1 Å². The van der Waals surface area contributed by atoms with Crippen LogP contribution in [-0.2, 0) is 0 Å². The maximum absolute atomic E-state index is 12.4. The first kappa shape index (κ1) is 17.1. The van der Waals surface area contributed by atoms with E-state index in [2.05, 4.69) is 20.1 Å². The van der Waals surface area contributed by atoms with E-state index >= 15 is 0 Å². The summed E-state index contributed by atoms with van der Waals surface area (Å²) in [6, 6.07) is 6.26. The predicted molar refractivity (Wildman–Crippen MR) is 93.5 cm³/mol. The first-order valence-electron chi connectivity index (χ1n) is 8.45. The van der Waals surface area contributed by atoms with Crippen LogP contribution in [0, 0.1) is 0 Å². The van der Waals surface area contributed by atoms with Gasteiger partial charge < -0.3 is 10.1 Å². The highest BCUT2D eigenvalue weighted by atomic mass is 32.1. The van der Waals surface area contributed by atoms with E-state index in [1.165, 1.54) is 48.8 Å². The topological polar surface area (TPSA) is 51.5 Å². The Morgan fingerprint density at radius 1 is 1.19 bits per heavy atom. The van der Waals surface area contributed by atoms with Crippen LogP contribution in [0.4, 0.5) is 18.3 Å². The van der Waals surface area contributed by atoms with Crippen molar-refractivity contribution < 1.29 is 17.9 Å². The van der Waals surface area contributed by atoms with Gasteiger partial charge in [0.15, 0.2) is 0 Å². The van der Waals surface area contributed by atoms with Crippen molar-refractivity contribution in [2.45, 2.75) is 44.5 Å². The molecule has 1 fully saturated rings. The van der Waals surface area contributed by atoms with E-state index in [4.69, 9.17) is 0 Å². The van der Waals surface area contributed by atoms with Crippen LogP contribution >= 0.6 is 11.3 Å². The smallest absolute Gasteiger partial charge is 0.406 e. The van der Waals surface area contributed by atoms with Crippen molar-refractivity contribution in [1.29, 1.82) is 0 Å². The molecule has 4 rings (SSSR count). The number of halogens is 3. The van der Waals surface area contributed by atoms with Gasteiger partial charge in [-0.15, -0.1) is 18.3 Å². The number of imidazole rings is 1. The second-order valence-electron chi connectivity index (χ2n) is 6.30. The third-order valence-corrected chi connectivity index (χ3v) is 5.24. The van der Waals surface area contributed by atoms with Crippen LogP contribution in [0.5, 0.6) is 5.75 Å². The summed E-state index contributed by atoms with van der Waals surface area (Å²) in [5.41, 5.74) is 1.19. The number of rotatable bonds is 4. The summed E-state index contributed by atoms with van der Waals surface area (Å²) in [6.45, 7) is 0. The fourth-order valence-corrected chi connectivity index (χ4v) is 4.07. The number of aromatic nitrogens is 3. The van der Waals surface area contributed by atoms with E-state index in [1.807, 2.05) is 0 Å². The zero-order valence-electron chi connectivity index (χ0n) is 13.8. The molecule has 26 heavy (non-hydrogen) atoms. The summed E-state index contributed by atoms with van der Waals surface area (Å²) in [5.74, 6) is -0.263. The molecule has 0 bridgehead atoms. The third-order valence-electron chi connectivity index (χ3n) is 4.38. The van der Waals surface area contributed by atoms with Gasteiger partial charge in [-0.05, 0) is 25.0 Å². The Hall–Kier alpha value is -2.29. The highest BCUT2D eigenvalue weighted by Crippen LogP contribution is 2.31. The van der Waals surface area contributed by atoms with Gasteiger partial charge in [-0.25, -0.2) is 9.50 Å². The summed E-state index contributed by atoms with van der Waals surface area (Å²) in [5, 5.41) is 8.78. The molecule has 0 saturated heterocycles. The number of hydrogen-bond acceptors (Lipinski definition) is 5. The first-order valence-corrected chi connectivity index (χ1v) is 9.27. The first-order chi connectivity index (χ1) is 12.5. The van der Waals surface area contributed by atoms with Crippen molar-refractivity contribution >= 4 is 21.4 Å². The number of hydrogen-bond donors (Lipinski definition) is 1. The van der Waals surface area contributed by atoms with Crippen molar-refractivity contribution in [2.75, 3.05) is 5.32 Å². The molecule has 138 valence electrons. The van der Waals surface area contributed by atoms with Crippen LogP contribution in [0.25, 0.3) is 16.2 Å². The standard InChI is InChI=1S/C17H17F3N4OS/c18-17(19,20)25-13-8-4-5-11(9-13)14-10-21-16-24(14)23-15(26-16)22-12-6-2-1-3-7-12/h4-5,8-10,12H,1-3,6-7H2,(H,22,23). The molecule has 1 aliphatic carbocycles. The zero-order chi connectivity index (χ0) is 18.1. The average molecular weight is 382 g/mol. The lowest BCUT2D eigenvalue weighted by Crippen LogP contribution is -2.22. The number of alkyl halides is 3. The number of nitrogens with one attached hydrogen (secondary N) is 1. The Morgan fingerprint density at radius 2 is 2.00 bits per heavy atom. The predicted octanol–water partition coefficient (Wildman–Crippen LogP) is 5.10. The van der Waals surface area contributed by atoms with Crippen molar-refractivity contribution in [3.8, 4) is 17.0 Å². The molecule has 3 aromatic rings. The van der Waals surface area contributed by atoms with Gasteiger partial charge in [-0.1, -0.05) is 42.7 Å². The number of benzene rings is 1. The van der Waals surface area contributed by atoms with Crippen molar-refractivity contribution in [2.24, 2.45) is 0 Å². The van der Waals surface area contributed by atoms with E-state index < -0.39 is 6.36 Å². The molecule has 2 aromatic heterocycles. The fraction of sp³-hybridized carbons (Fsp3) is 0.412. The van der Waals surface area contributed by atoms with Crippen LogP contribution in [0.15, 0.2) is 30.5 Å². The van der Waals surface area contributed by atoms with Crippen LogP contribution < -0.4 is 10.1 Å². The number of ether oxygens (including phenoxy) is 1. The highest BCUT2D eigenvalue weighted by Gasteiger charge is 2.31. The van der Waals surface area contributed by atoms with E-state index in [-0.39, 0.29) is 5.75 Å². The number of nitrogens with zero attached hydrogens (tertiary/aromatic N) is 3. The van der Waals surface area contributed by atoms with Gasteiger partial charge in [-0.3, -0.25) is 0 Å². The molecular formula is C17H17F3N4OS. The molecule has 2 heterocycles. The molecule has 5 nitrogen and oxygen atoms in total. The molecule has 0 atom stereocenters. The summed E-state index contributed by atoms with van der Waals surface area (Å²) in [4.78, 5) is 5.02. The lowest BCUT2D eigenvalue weighted by Gasteiger charge is -2.21. The monoisotopic (exact) mass is 382 g/mol. The Morgan fingerprint density at radius 3 is 2.77 bits per heavy atom. The summed E-state index contributed by atoms with van der Waals surface area (Å²) >= 11 is 1.44. The normalized spacial score (nSPS) is 16.1. The van der Waals surface area contributed by atoms with E-state index in [0.29, 0.717) is 22.3 Å². The molecule has 0 unspecified atom stereocenters. The Kier molecular flexibility index (Phi) is 4.47. The quantitative estimate of drug-likeness (QED) is 0.682. The molecule has 1 saturated carbocycles.